The highest BCUT2D eigenvalue weighted by molar-refractivity contribution is 7.80. The molecule has 10 heteroatoms. The first-order valence-electron chi connectivity index (χ1n) is 10.1. The molecule has 2 aromatic carbocycles. The zero-order valence-electron chi connectivity index (χ0n) is 17.0. The molecule has 0 spiro atoms. The summed E-state index contributed by atoms with van der Waals surface area (Å²) in [6.07, 6.45) is 5.18. The summed E-state index contributed by atoms with van der Waals surface area (Å²) in [6, 6.07) is 10.9. The van der Waals surface area contributed by atoms with Crippen molar-refractivity contribution in [2.75, 3.05) is 5.32 Å². The van der Waals surface area contributed by atoms with E-state index in [-0.39, 0.29) is 22.5 Å². The second-order valence-corrected chi connectivity index (χ2v) is 8.70. The van der Waals surface area contributed by atoms with Gasteiger partial charge in [-0.1, -0.05) is 42.5 Å². The highest BCUT2D eigenvalue weighted by Crippen LogP contribution is 2.25. The number of rotatable bonds is 4. The lowest BCUT2D eigenvalue weighted by molar-refractivity contribution is -0.120. The second kappa shape index (κ2) is 11.3. The van der Waals surface area contributed by atoms with Crippen molar-refractivity contribution in [3.8, 4) is 0 Å². The summed E-state index contributed by atoms with van der Waals surface area (Å²) < 4.78 is 0. The normalized spacial score (nSPS) is 13.7. The average Bonchev–Trinajstić information content (AvgIpc) is 2.78. The molecule has 32 heavy (non-hydrogen) atoms. The quantitative estimate of drug-likeness (QED) is 0.372. The molecule has 1 aliphatic rings. The van der Waals surface area contributed by atoms with Crippen molar-refractivity contribution < 1.29 is 14.4 Å². The van der Waals surface area contributed by atoms with Crippen LogP contribution in [0.4, 0.5) is 5.69 Å². The number of nitrogens with one attached hydrogen (secondary N) is 4. The van der Waals surface area contributed by atoms with E-state index in [1.807, 2.05) is 0 Å². The molecular formula is C22H22Cl2N4O3S. The molecule has 1 aliphatic carbocycles. The van der Waals surface area contributed by atoms with E-state index >= 15 is 0 Å². The standard InChI is InChI=1S/C22H22Cl2N4O3S/c23-16-10-15(11-17(24)12-16)20(30)26-22(32)28-27-21(31)14-6-8-18(9-7-14)25-19(29)13-4-2-1-3-5-13/h6-13H,1-5H2,(H,25,29)(H,27,31)(H2,26,28,30,32). The number of thiocarbonyl (C=S) groups is 1. The summed E-state index contributed by atoms with van der Waals surface area (Å²) in [6.45, 7) is 0. The Balaban J connectivity index is 1.47. The largest absolute Gasteiger partial charge is 0.326 e. The summed E-state index contributed by atoms with van der Waals surface area (Å²) in [5, 5.41) is 5.85. The molecule has 1 saturated carbocycles. The van der Waals surface area contributed by atoms with Crippen molar-refractivity contribution in [2.24, 2.45) is 5.92 Å². The van der Waals surface area contributed by atoms with Gasteiger partial charge >= 0.3 is 0 Å². The molecule has 0 saturated heterocycles. The van der Waals surface area contributed by atoms with E-state index in [9.17, 15) is 14.4 Å². The summed E-state index contributed by atoms with van der Waals surface area (Å²) >= 11 is 16.8. The van der Waals surface area contributed by atoms with Crippen LogP contribution in [0.2, 0.25) is 10.0 Å². The Morgan fingerprint density at radius 3 is 2.06 bits per heavy atom. The minimum atomic E-state index is -0.529. The number of carbonyl (C=O) groups is 3. The van der Waals surface area contributed by atoms with Crippen LogP contribution in [-0.2, 0) is 4.79 Å². The van der Waals surface area contributed by atoms with Gasteiger partial charge in [-0.05, 0) is 67.5 Å². The summed E-state index contributed by atoms with van der Waals surface area (Å²) in [5.41, 5.74) is 6.08. The van der Waals surface area contributed by atoms with Crippen molar-refractivity contribution >= 4 is 63.9 Å². The molecular weight excluding hydrogens is 471 g/mol. The van der Waals surface area contributed by atoms with Gasteiger partial charge in [0.2, 0.25) is 5.91 Å². The fourth-order valence-corrected chi connectivity index (χ4v) is 4.06. The Hall–Kier alpha value is -2.68. The van der Waals surface area contributed by atoms with Gasteiger partial charge in [-0.25, -0.2) is 0 Å². The van der Waals surface area contributed by atoms with Gasteiger partial charge in [0.1, 0.15) is 0 Å². The first-order valence-corrected chi connectivity index (χ1v) is 11.3. The lowest BCUT2D eigenvalue weighted by Gasteiger charge is -2.20. The van der Waals surface area contributed by atoms with E-state index in [1.54, 1.807) is 24.3 Å². The number of halogens is 2. The molecule has 0 unspecified atom stereocenters. The van der Waals surface area contributed by atoms with Crippen LogP contribution < -0.4 is 21.5 Å². The van der Waals surface area contributed by atoms with E-state index < -0.39 is 11.8 Å². The molecule has 1 fully saturated rings. The van der Waals surface area contributed by atoms with Gasteiger partial charge in [-0.15, -0.1) is 0 Å². The lowest BCUT2D eigenvalue weighted by atomic mass is 9.88. The summed E-state index contributed by atoms with van der Waals surface area (Å²) in [4.78, 5) is 36.8. The van der Waals surface area contributed by atoms with Gasteiger partial charge in [0.15, 0.2) is 5.11 Å². The van der Waals surface area contributed by atoms with E-state index in [2.05, 4.69) is 21.5 Å². The van der Waals surface area contributed by atoms with Gasteiger partial charge < -0.3 is 5.32 Å². The van der Waals surface area contributed by atoms with Crippen LogP contribution in [0.3, 0.4) is 0 Å². The first-order chi connectivity index (χ1) is 15.3. The molecule has 0 bridgehead atoms. The second-order valence-electron chi connectivity index (χ2n) is 7.42. The van der Waals surface area contributed by atoms with Crippen LogP contribution in [0, 0.1) is 5.92 Å². The van der Waals surface area contributed by atoms with E-state index in [1.165, 1.54) is 24.6 Å². The predicted octanol–water partition coefficient (Wildman–Crippen LogP) is 4.46. The Labute approximate surface area is 201 Å². The Morgan fingerprint density at radius 1 is 0.812 bits per heavy atom. The summed E-state index contributed by atoms with van der Waals surface area (Å²) in [5.74, 6) is -0.919. The molecule has 4 N–H and O–H groups in total. The summed E-state index contributed by atoms with van der Waals surface area (Å²) in [7, 11) is 0. The Morgan fingerprint density at radius 2 is 1.44 bits per heavy atom. The molecule has 0 heterocycles. The maximum Gasteiger partial charge on any atom is 0.269 e. The zero-order valence-corrected chi connectivity index (χ0v) is 19.4. The lowest BCUT2D eigenvalue weighted by Crippen LogP contribution is -2.48. The van der Waals surface area contributed by atoms with Crippen LogP contribution in [0.15, 0.2) is 42.5 Å². The van der Waals surface area contributed by atoms with Crippen molar-refractivity contribution in [3.63, 3.8) is 0 Å². The molecule has 0 aliphatic heterocycles. The number of hydrogen-bond donors (Lipinski definition) is 4. The molecule has 0 aromatic heterocycles. The first kappa shape index (κ1) is 24.0. The third-order valence-corrected chi connectivity index (χ3v) is 5.67. The molecule has 3 rings (SSSR count). The van der Waals surface area contributed by atoms with Crippen LogP contribution in [0.1, 0.15) is 52.8 Å². The minimum Gasteiger partial charge on any atom is -0.326 e. The van der Waals surface area contributed by atoms with Crippen molar-refractivity contribution in [3.05, 3.63) is 63.6 Å². The SMILES string of the molecule is O=C(NNC(=S)NC(=O)c1cc(Cl)cc(Cl)c1)c1ccc(NC(=O)C2CCCCC2)cc1. The number of carbonyl (C=O) groups excluding carboxylic acids is 3. The maximum absolute atomic E-state index is 12.3. The fourth-order valence-electron chi connectivity index (χ4n) is 3.39. The Kier molecular flexibility index (Phi) is 8.44. The van der Waals surface area contributed by atoms with Crippen molar-refractivity contribution in [1.82, 2.24) is 16.2 Å². The number of anilines is 1. The predicted molar refractivity (Wildman–Crippen MR) is 129 cm³/mol. The van der Waals surface area contributed by atoms with Gasteiger partial charge in [0.05, 0.1) is 0 Å². The molecule has 0 atom stereocenters. The van der Waals surface area contributed by atoms with Gasteiger partial charge in [-0.3, -0.25) is 30.6 Å². The molecule has 7 nitrogen and oxygen atoms in total. The van der Waals surface area contributed by atoms with Gasteiger partial charge in [0, 0.05) is 32.8 Å². The monoisotopic (exact) mass is 492 g/mol. The van der Waals surface area contributed by atoms with E-state index in [4.69, 9.17) is 35.4 Å². The minimum absolute atomic E-state index is 0.0191. The third-order valence-electron chi connectivity index (χ3n) is 5.03. The zero-order chi connectivity index (χ0) is 23.1. The van der Waals surface area contributed by atoms with E-state index in [0.29, 0.717) is 21.3 Å². The molecule has 0 radical (unpaired) electrons. The fraction of sp³-hybridized carbons (Fsp3) is 0.273. The van der Waals surface area contributed by atoms with Crippen LogP contribution in [0.25, 0.3) is 0 Å². The number of benzene rings is 2. The molecule has 168 valence electrons. The van der Waals surface area contributed by atoms with Gasteiger partial charge in [0.25, 0.3) is 11.8 Å². The molecule has 2 aromatic rings. The number of amides is 3. The highest BCUT2D eigenvalue weighted by Gasteiger charge is 2.21. The van der Waals surface area contributed by atoms with Gasteiger partial charge in [-0.2, -0.15) is 0 Å². The van der Waals surface area contributed by atoms with Crippen LogP contribution >= 0.6 is 35.4 Å². The van der Waals surface area contributed by atoms with Crippen LogP contribution in [-0.4, -0.2) is 22.8 Å². The number of hydrazine groups is 1. The van der Waals surface area contributed by atoms with E-state index in [0.717, 1.165) is 25.7 Å². The van der Waals surface area contributed by atoms with Crippen LogP contribution in [0.5, 0.6) is 0 Å². The maximum atomic E-state index is 12.3. The Bertz CT molecular complexity index is 1000. The highest BCUT2D eigenvalue weighted by atomic mass is 35.5. The molecule has 3 amide bonds. The van der Waals surface area contributed by atoms with Crippen molar-refractivity contribution in [2.45, 2.75) is 32.1 Å². The number of hydrogen-bond acceptors (Lipinski definition) is 4. The van der Waals surface area contributed by atoms with Crippen molar-refractivity contribution in [1.29, 1.82) is 0 Å². The smallest absolute Gasteiger partial charge is 0.269 e. The third kappa shape index (κ3) is 6.91. The topological polar surface area (TPSA) is 99.3 Å². The average molecular weight is 493 g/mol.